The SMILES string of the molecule is CC(C(=O)O)c1cccc(NC(=O)[C@@H]2CCCO2)c1. The van der Waals surface area contributed by atoms with Gasteiger partial charge in [0.1, 0.15) is 6.10 Å². The average molecular weight is 263 g/mol. The molecule has 0 radical (unpaired) electrons. The molecule has 0 saturated carbocycles. The first-order valence-corrected chi connectivity index (χ1v) is 6.33. The van der Waals surface area contributed by atoms with Gasteiger partial charge in [0.15, 0.2) is 0 Å². The maximum absolute atomic E-state index is 11.9. The molecular formula is C14H17NO4. The Hall–Kier alpha value is -1.88. The van der Waals surface area contributed by atoms with Gasteiger partial charge >= 0.3 is 5.97 Å². The van der Waals surface area contributed by atoms with E-state index in [4.69, 9.17) is 9.84 Å². The Labute approximate surface area is 111 Å². The number of carboxylic acids is 1. The maximum Gasteiger partial charge on any atom is 0.310 e. The van der Waals surface area contributed by atoms with E-state index in [1.165, 1.54) is 0 Å². The average Bonchev–Trinajstić information content (AvgIpc) is 2.92. The fraction of sp³-hybridized carbons (Fsp3) is 0.429. The van der Waals surface area contributed by atoms with Gasteiger partial charge in [0.05, 0.1) is 5.92 Å². The largest absolute Gasteiger partial charge is 0.481 e. The van der Waals surface area contributed by atoms with Crippen molar-refractivity contribution in [1.82, 2.24) is 0 Å². The van der Waals surface area contributed by atoms with E-state index in [2.05, 4.69) is 5.32 Å². The summed E-state index contributed by atoms with van der Waals surface area (Å²) in [6.45, 7) is 2.23. The zero-order chi connectivity index (χ0) is 13.8. The molecule has 19 heavy (non-hydrogen) atoms. The highest BCUT2D eigenvalue weighted by Crippen LogP contribution is 2.20. The molecule has 0 aliphatic carbocycles. The van der Waals surface area contributed by atoms with Gasteiger partial charge in [-0.2, -0.15) is 0 Å². The second-order valence-corrected chi connectivity index (χ2v) is 4.68. The molecule has 1 heterocycles. The maximum atomic E-state index is 11.9. The summed E-state index contributed by atoms with van der Waals surface area (Å²) in [5, 5.41) is 11.7. The Balaban J connectivity index is 2.06. The lowest BCUT2D eigenvalue weighted by Gasteiger charge is -2.12. The van der Waals surface area contributed by atoms with Gasteiger partial charge in [0.25, 0.3) is 5.91 Å². The Morgan fingerprint density at radius 3 is 2.89 bits per heavy atom. The summed E-state index contributed by atoms with van der Waals surface area (Å²) in [5.74, 6) is -1.65. The lowest BCUT2D eigenvalue weighted by atomic mass is 10.0. The second kappa shape index (κ2) is 5.84. The molecule has 1 amide bonds. The van der Waals surface area contributed by atoms with Crippen LogP contribution >= 0.6 is 0 Å². The Kier molecular flexibility index (Phi) is 4.16. The number of hydrogen-bond acceptors (Lipinski definition) is 3. The van der Waals surface area contributed by atoms with Gasteiger partial charge in [-0.05, 0) is 37.5 Å². The Bertz CT molecular complexity index is 480. The number of aliphatic carboxylic acids is 1. The van der Waals surface area contributed by atoms with Crippen LogP contribution in [-0.4, -0.2) is 29.7 Å². The zero-order valence-corrected chi connectivity index (χ0v) is 10.8. The number of amides is 1. The van der Waals surface area contributed by atoms with Gasteiger partial charge in [-0.15, -0.1) is 0 Å². The van der Waals surface area contributed by atoms with Gasteiger partial charge < -0.3 is 15.2 Å². The fourth-order valence-electron chi connectivity index (χ4n) is 2.04. The van der Waals surface area contributed by atoms with Crippen molar-refractivity contribution in [2.45, 2.75) is 31.8 Å². The second-order valence-electron chi connectivity index (χ2n) is 4.68. The van der Waals surface area contributed by atoms with Crippen LogP contribution < -0.4 is 5.32 Å². The molecule has 1 saturated heterocycles. The van der Waals surface area contributed by atoms with Crippen molar-refractivity contribution >= 4 is 17.6 Å². The molecule has 1 unspecified atom stereocenters. The van der Waals surface area contributed by atoms with E-state index in [1.54, 1.807) is 31.2 Å². The standard InChI is InChI=1S/C14H17NO4/c1-9(14(17)18)10-4-2-5-11(8-10)15-13(16)12-6-3-7-19-12/h2,4-5,8-9,12H,3,6-7H2,1H3,(H,15,16)(H,17,18)/t9?,12-/m0/s1. The highest BCUT2D eigenvalue weighted by atomic mass is 16.5. The third-order valence-electron chi connectivity index (χ3n) is 3.25. The molecule has 2 atom stereocenters. The van der Waals surface area contributed by atoms with E-state index in [0.29, 0.717) is 17.9 Å². The predicted molar refractivity (Wildman–Crippen MR) is 70.1 cm³/mol. The minimum absolute atomic E-state index is 0.169. The number of hydrogen-bond donors (Lipinski definition) is 2. The van der Waals surface area contributed by atoms with E-state index < -0.39 is 11.9 Å². The lowest BCUT2D eigenvalue weighted by molar-refractivity contribution is -0.138. The van der Waals surface area contributed by atoms with Crippen molar-refractivity contribution in [2.75, 3.05) is 11.9 Å². The van der Waals surface area contributed by atoms with Crippen LogP contribution in [0.3, 0.4) is 0 Å². The van der Waals surface area contributed by atoms with Crippen LogP contribution in [0.15, 0.2) is 24.3 Å². The van der Waals surface area contributed by atoms with Crippen LogP contribution in [0.2, 0.25) is 0 Å². The topological polar surface area (TPSA) is 75.6 Å². The summed E-state index contributed by atoms with van der Waals surface area (Å²) < 4.78 is 5.30. The molecule has 5 heteroatoms. The van der Waals surface area contributed by atoms with Crippen LogP contribution in [0.25, 0.3) is 0 Å². The third-order valence-corrected chi connectivity index (χ3v) is 3.25. The summed E-state index contributed by atoms with van der Waals surface area (Å²) >= 11 is 0. The molecular weight excluding hydrogens is 246 g/mol. The summed E-state index contributed by atoms with van der Waals surface area (Å²) in [6.07, 6.45) is 1.24. The van der Waals surface area contributed by atoms with Crippen LogP contribution in [0, 0.1) is 0 Å². The number of nitrogens with one attached hydrogen (secondary N) is 1. The molecule has 2 N–H and O–H groups in total. The Morgan fingerprint density at radius 1 is 1.47 bits per heavy atom. The number of carbonyl (C=O) groups excluding carboxylic acids is 1. The first-order chi connectivity index (χ1) is 9.08. The number of rotatable bonds is 4. The molecule has 1 aromatic rings. The fourth-order valence-corrected chi connectivity index (χ4v) is 2.04. The van der Waals surface area contributed by atoms with Crippen LogP contribution in [0.4, 0.5) is 5.69 Å². The van der Waals surface area contributed by atoms with E-state index in [9.17, 15) is 9.59 Å². The van der Waals surface area contributed by atoms with Crippen molar-refractivity contribution in [3.63, 3.8) is 0 Å². The molecule has 0 spiro atoms. The van der Waals surface area contributed by atoms with E-state index in [0.717, 1.165) is 12.8 Å². The monoisotopic (exact) mass is 263 g/mol. The lowest BCUT2D eigenvalue weighted by Crippen LogP contribution is -2.26. The predicted octanol–water partition coefficient (Wildman–Crippen LogP) is 1.99. The summed E-state index contributed by atoms with van der Waals surface area (Å²) in [4.78, 5) is 22.8. The summed E-state index contributed by atoms with van der Waals surface area (Å²) in [5.41, 5.74) is 1.27. The number of ether oxygens (including phenoxy) is 1. The molecule has 1 aliphatic heterocycles. The van der Waals surface area contributed by atoms with Gasteiger partial charge in [0, 0.05) is 12.3 Å². The van der Waals surface area contributed by atoms with Crippen molar-refractivity contribution in [3.8, 4) is 0 Å². The van der Waals surface area contributed by atoms with E-state index in [-0.39, 0.29) is 12.0 Å². The highest BCUT2D eigenvalue weighted by molar-refractivity contribution is 5.94. The van der Waals surface area contributed by atoms with Gasteiger partial charge in [0.2, 0.25) is 0 Å². The van der Waals surface area contributed by atoms with Crippen LogP contribution in [0.1, 0.15) is 31.2 Å². The van der Waals surface area contributed by atoms with Gasteiger partial charge in [-0.25, -0.2) is 0 Å². The highest BCUT2D eigenvalue weighted by Gasteiger charge is 2.23. The number of carbonyl (C=O) groups is 2. The molecule has 1 aliphatic rings. The minimum Gasteiger partial charge on any atom is -0.481 e. The van der Waals surface area contributed by atoms with Crippen molar-refractivity contribution in [3.05, 3.63) is 29.8 Å². The summed E-state index contributed by atoms with van der Waals surface area (Å²) in [7, 11) is 0. The van der Waals surface area contributed by atoms with E-state index in [1.807, 2.05) is 0 Å². The number of anilines is 1. The quantitative estimate of drug-likeness (QED) is 0.871. The molecule has 102 valence electrons. The number of benzene rings is 1. The van der Waals surface area contributed by atoms with Gasteiger partial charge in [-0.1, -0.05) is 12.1 Å². The molecule has 0 bridgehead atoms. The normalized spacial score (nSPS) is 19.9. The summed E-state index contributed by atoms with van der Waals surface area (Å²) in [6, 6.07) is 6.90. The molecule has 5 nitrogen and oxygen atoms in total. The third kappa shape index (κ3) is 3.32. The van der Waals surface area contributed by atoms with Crippen molar-refractivity contribution in [2.24, 2.45) is 0 Å². The molecule has 1 aromatic carbocycles. The molecule has 0 aromatic heterocycles. The van der Waals surface area contributed by atoms with Crippen molar-refractivity contribution < 1.29 is 19.4 Å². The number of carboxylic acid groups (broad SMARTS) is 1. The van der Waals surface area contributed by atoms with Crippen LogP contribution in [0.5, 0.6) is 0 Å². The minimum atomic E-state index is -0.886. The zero-order valence-electron chi connectivity index (χ0n) is 10.8. The molecule has 1 fully saturated rings. The first-order valence-electron chi connectivity index (χ1n) is 6.33. The molecule has 2 rings (SSSR count). The van der Waals surface area contributed by atoms with Crippen LogP contribution in [-0.2, 0) is 14.3 Å². The van der Waals surface area contributed by atoms with Crippen molar-refractivity contribution in [1.29, 1.82) is 0 Å². The smallest absolute Gasteiger partial charge is 0.310 e. The first kappa shape index (κ1) is 13.5. The van der Waals surface area contributed by atoms with E-state index >= 15 is 0 Å². The van der Waals surface area contributed by atoms with Gasteiger partial charge in [-0.3, -0.25) is 9.59 Å². The Morgan fingerprint density at radius 2 is 2.26 bits per heavy atom.